The number of nitrogens with one attached hydrogen (secondary N) is 1. The Labute approximate surface area is 162 Å². The molecule has 3 rings (SSSR count). The van der Waals surface area contributed by atoms with Crippen LogP contribution in [0, 0.1) is 0 Å². The highest BCUT2D eigenvalue weighted by Crippen LogP contribution is 2.36. The van der Waals surface area contributed by atoms with Gasteiger partial charge >= 0.3 is 11.9 Å². The van der Waals surface area contributed by atoms with Gasteiger partial charge in [-0.15, -0.1) is 0 Å². The molecule has 0 unspecified atom stereocenters. The number of hydrogen-bond donors (Lipinski definition) is 1. The molecule has 2 aromatic carbocycles. The SMILES string of the molecule is CCOC(=O)c1ccc(NC=C2C(=O)Oc3c(cccc3N(C)C)C2=O)cc1. The third kappa shape index (κ3) is 3.73. The van der Waals surface area contributed by atoms with Crippen LogP contribution < -0.4 is 15.0 Å². The molecule has 7 nitrogen and oxygen atoms in total. The summed E-state index contributed by atoms with van der Waals surface area (Å²) in [5.74, 6) is -1.28. The number of nitrogens with zero attached hydrogens (tertiary/aromatic N) is 1. The first-order chi connectivity index (χ1) is 13.4. The molecule has 28 heavy (non-hydrogen) atoms. The summed E-state index contributed by atoms with van der Waals surface area (Å²) in [6.07, 6.45) is 1.31. The number of carbonyl (C=O) groups excluding carboxylic acids is 3. The van der Waals surface area contributed by atoms with Crippen LogP contribution in [-0.2, 0) is 9.53 Å². The van der Waals surface area contributed by atoms with Crippen LogP contribution in [0.15, 0.2) is 54.2 Å². The van der Waals surface area contributed by atoms with E-state index in [9.17, 15) is 14.4 Å². The van der Waals surface area contributed by atoms with Crippen LogP contribution in [0.1, 0.15) is 27.6 Å². The fourth-order valence-corrected chi connectivity index (χ4v) is 2.75. The molecule has 0 radical (unpaired) electrons. The van der Waals surface area contributed by atoms with Gasteiger partial charge in [-0.25, -0.2) is 9.59 Å². The number of Topliss-reactive ketones (excluding diaryl/α,β-unsaturated/α-hetero) is 1. The molecule has 7 heteroatoms. The monoisotopic (exact) mass is 380 g/mol. The third-order valence-electron chi connectivity index (χ3n) is 4.16. The summed E-state index contributed by atoms with van der Waals surface area (Å²) >= 11 is 0. The van der Waals surface area contributed by atoms with Crippen LogP contribution in [-0.4, -0.2) is 38.4 Å². The summed E-state index contributed by atoms with van der Waals surface area (Å²) < 4.78 is 10.3. The highest BCUT2D eigenvalue weighted by atomic mass is 16.5. The number of esters is 2. The largest absolute Gasteiger partial charge is 0.462 e. The average molecular weight is 380 g/mol. The lowest BCUT2D eigenvalue weighted by molar-refractivity contribution is -0.130. The Kier molecular flexibility index (Phi) is 5.44. The zero-order valence-electron chi connectivity index (χ0n) is 15.8. The molecular weight excluding hydrogens is 360 g/mol. The second-order valence-electron chi connectivity index (χ2n) is 6.27. The zero-order valence-corrected chi connectivity index (χ0v) is 15.8. The van der Waals surface area contributed by atoms with Gasteiger partial charge in [-0.1, -0.05) is 6.07 Å². The predicted molar refractivity (Wildman–Crippen MR) is 105 cm³/mol. The number of rotatable bonds is 5. The Balaban J connectivity index is 1.82. The van der Waals surface area contributed by atoms with Crippen LogP contribution in [0.4, 0.5) is 11.4 Å². The maximum absolute atomic E-state index is 12.7. The van der Waals surface area contributed by atoms with Crippen LogP contribution in [0.3, 0.4) is 0 Å². The Hall–Kier alpha value is -3.61. The summed E-state index contributed by atoms with van der Waals surface area (Å²) in [7, 11) is 3.61. The fourth-order valence-electron chi connectivity index (χ4n) is 2.75. The molecule has 0 aromatic heterocycles. The molecule has 0 saturated heterocycles. The van der Waals surface area contributed by atoms with Gasteiger partial charge in [0.15, 0.2) is 5.75 Å². The van der Waals surface area contributed by atoms with Crippen molar-refractivity contribution in [3.8, 4) is 5.75 Å². The van der Waals surface area contributed by atoms with Crippen molar-refractivity contribution in [1.82, 2.24) is 0 Å². The summed E-state index contributed by atoms with van der Waals surface area (Å²) in [5, 5.41) is 2.90. The van der Waals surface area contributed by atoms with Gasteiger partial charge in [-0.2, -0.15) is 0 Å². The van der Waals surface area contributed by atoms with Crippen LogP contribution in [0.5, 0.6) is 5.75 Å². The lowest BCUT2D eigenvalue weighted by atomic mass is 9.99. The molecule has 1 aliphatic rings. The molecule has 0 atom stereocenters. The highest BCUT2D eigenvalue weighted by Gasteiger charge is 2.32. The summed E-state index contributed by atoms with van der Waals surface area (Å²) in [5.41, 5.74) is 1.91. The lowest BCUT2D eigenvalue weighted by Crippen LogP contribution is -2.27. The topological polar surface area (TPSA) is 84.9 Å². The van der Waals surface area contributed by atoms with E-state index in [-0.39, 0.29) is 11.3 Å². The van der Waals surface area contributed by atoms with E-state index in [2.05, 4.69) is 5.32 Å². The number of benzene rings is 2. The number of fused-ring (bicyclic) bond motifs is 1. The number of anilines is 2. The van der Waals surface area contributed by atoms with Gasteiger partial charge in [0.25, 0.3) is 0 Å². The van der Waals surface area contributed by atoms with Gasteiger partial charge in [0.2, 0.25) is 5.78 Å². The first kappa shape index (κ1) is 19.2. The molecule has 0 spiro atoms. The number of ketones is 1. The van der Waals surface area contributed by atoms with Crippen LogP contribution >= 0.6 is 0 Å². The van der Waals surface area contributed by atoms with Crippen molar-refractivity contribution in [2.45, 2.75) is 6.92 Å². The average Bonchev–Trinajstić information content (AvgIpc) is 2.68. The molecule has 0 fully saturated rings. The summed E-state index contributed by atoms with van der Waals surface area (Å²) in [6.45, 7) is 2.03. The maximum atomic E-state index is 12.7. The molecule has 144 valence electrons. The van der Waals surface area contributed by atoms with Gasteiger partial charge in [0.05, 0.1) is 23.4 Å². The first-order valence-electron chi connectivity index (χ1n) is 8.73. The second-order valence-corrected chi connectivity index (χ2v) is 6.27. The molecule has 0 amide bonds. The van der Waals surface area contributed by atoms with Crippen molar-refractivity contribution in [2.24, 2.45) is 0 Å². The first-order valence-corrected chi connectivity index (χ1v) is 8.73. The molecule has 0 saturated carbocycles. The van der Waals surface area contributed by atoms with Crippen molar-refractivity contribution >= 4 is 29.1 Å². The van der Waals surface area contributed by atoms with E-state index >= 15 is 0 Å². The maximum Gasteiger partial charge on any atom is 0.349 e. The molecule has 0 bridgehead atoms. The van der Waals surface area contributed by atoms with Gasteiger partial charge < -0.3 is 19.7 Å². The van der Waals surface area contributed by atoms with Crippen LogP contribution in [0.2, 0.25) is 0 Å². The van der Waals surface area contributed by atoms with E-state index in [0.717, 1.165) is 0 Å². The van der Waals surface area contributed by atoms with E-state index in [1.54, 1.807) is 68.4 Å². The van der Waals surface area contributed by atoms with Crippen molar-refractivity contribution in [1.29, 1.82) is 0 Å². The van der Waals surface area contributed by atoms with Gasteiger partial charge in [0, 0.05) is 26.0 Å². The van der Waals surface area contributed by atoms with Crippen molar-refractivity contribution in [3.05, 3.63) is 65.4 Å². The molecule has 1 heterocycles. The molecule has 1 aliphatic heterocycles. The summed E-state index contributed by atoms with van der Waals surface area (Å²) in [6, 6.07) is 11.6. The number of hydrogen-bond acceptors (Lipinski definition) is 7. The smallest absolute Gasteiger partial charge is 0.349 e. The summed E-state index contributed by atoms with van der Waals surface area (Å²) in [4.78, 5) is 38.5. The fraction of sp³-hybridized carbons (Fsp3) is 0.190. The molecule has 2 aromatic rings. The van der Waals surface area contributed by atoms with Crippen molar-refractivity contribution < 1.29 is 23.9 Å². The third-order valence-corrected chi connectivity index (χ3v) is 4.16. The molecule has 1 N–H and O–H groups in total. The minimum absolute atomic E-state index is 0.0992. The van der Waals surface area contributed by atoms with E-state index in [1.165, 1.54) is 6.20 Å². The van der Waals surface area contributed by atoms with Crippen molar-refractivity contribution in [2.75, 3.05) is 30.9 Å². The quantitative estimate of drug-likeness (QED) is 0.369. The Morgan fingerprint density at radius 2 is 1.86 bits per heavy atom. The van der Waals surface area contributed by atoms with Crippen LogP contribution in [0.25, 0.3) is 0 Å². The Morgan fingerprint density at radius 1 is 1.14 bits per heavy atom. The molecular formula is C21H20N2O5. The second kappa shape index (κ2) is 7.96. The molecule has 0 aliphatic carbocycles. The zero-order chi connectivity index (χ0) is 20.3. The number of ether oxygens (including phenoxy) is 2. The van der Waals surface area contributed by atoms with Gasteiger partial charge in [-0.3, -0.25) is 4.79 Å². The number of para-hydroxylation sites is 1. The van der Waals surface area contributed by atoms with Gasteiger partial charge in [0.1, 0.15) is 5.57 Å². The van der Waals surface area contributed by atoms with E-state index in [0.29, 0.717) is 29.1 Å². The van der Waals surface area contributed by atoms with E-state index in [4.69, 9.17) is 9.47 Å². The van der Waals surface area contributed by atoms with Gasteiger partial charge in [-0.05, 0) is 43.3 Å². The highest BCUT2D eigenvalue weighted by molar-refractivity contribution is 6.28. The standard InChI is InChI=1S/C21H20N2O5/c1-4-27-20(25)13-8-10-14(11-9-13)22-12-16-18(24)15-6-5-7-17(23(2)3)19(15)28-21(16)26/h5-12,22H,4H2,1-3H3. The minimum atomic E-state index is -0.720. The Bertz CT molecular complexity index is 961. The predicted octanol–water partition coefficient (Wildman–Crippen LogP) is 3.03. The lowest BCUT2D eigenvalue weighted by Gasteiger charge is -2.23. The normalized spacial score (nSPS) is 14.3. The number of carbonyl (C=O) groups is 3. The Morgan fingerprint density at radius 3 is 2.50 bits per heavy atom. The van der Waals surface area contributed by atoms with E-state index in [1.807, 2.05) is 0 Å². The van der Waals surface area contributed by atoms with E-state index < -0.39 is 17.7 Å². The minimum Gasteiger partial charge on any atom is -0.462 e. The van der Waals surface area contributed by atoms with Crippen molar-refractivity contribution in [3.63, 3.8) is 0 Å².